The maximum atomic E-state index is 12.1. The van der Waals surface area contributed by atoms with E-state index >= 15 is 0 Å². The second-order valence-corrected chi connectivity index (χ2v) is 5.07. The molecule has 0 radical (unpaired) electrons. The third-order valence-electron chi connectivity index (χ3n) is 3.52. The molecular formula is C12H14ClN3O3. The predicted molar refractivity (Wildman–Crippen MR) is 70.2 cm³/mol. The fourth-order valence-electron chi connectivity index (χ4n) is 2.13. The molecule has 0 saturated heterocycles. The van der Waals surface area contributed by atoms with E-state index in [1.165, 1.54) is 18.7 Å². The van der Waals surface area contributed by atoms with Crippen molar-refractivity contribution < 1.29 is 9.72 Å². The molecule has 2 rings (SSSR count). The van der Waals surface area contributed by atoms with E-state index in [4.69, 9.17) is 11.6 Å². The van der Waals surface area contributed by atoms with Crippen LogP contribution in [0.1, 0.15) is 36.5 Å². The summed E-state index contributed by atoms with van der Waals surface area (Å²) in [6.07, 6.45) is 4.63. The van der Waals surface area contributed by atoms with Crippen LogP contribution in [-0.2, 0) is 0 Å². The molecule has 1 atom stereocenters. The molecular weight excluding hydrogens is 270 g/mol. The van der Waals surface area contributed by atoms with Crippen molar-refractivity contribution >= 4 is 23.2 Å². The summed E-state index contributed by atoms with van der Waals surface area (Å²) in [5, 5.41) is 13.5. The quantitative estimate of drug-likeness (QED) is 0.523. The van der Waals surface area contributed by atoms with Crippen LogP contribution in [0.15, 0.2) is 12.3 Å². The van der Waals surface area contributed by atoms with Crippen molar-refractivity contribution in [3.63, 3.8) is 0 Å². The standard InChI is InChI=1S/C12H14ClN3O3/c1-7(8-3-2-4-8)15-12(17)9-5-6-14-11(13)10(9)16(18)19/h5-8H,2-4H2,1H3,(H,15,17). The van der Waals surface area contributed by atoms with Gasteiger partial charge in [0.2, 0.25) is 5.15 Å². The molecule has 6 nitrogen and oxygen atoms in total. The minimum absolute atomic E-state index is 0.00722. The third-order valence-corrected chi connectivity index (χ3v) is 3.80. The second-order valence-electron chi connectivity index (χ2n) is 4.71. The molecule has 1 unspecified atom stereocenters. The summed E-state index contributed by atoms with van der Waals surface area (Å²) in [6.45, 7) is 1.91. The number of pyridine rings is 1. The monoisotopic (exact) mass is 283 g/mol. The molecule has 1 aromatic rings. The van der Waals surface area contributed by atoms with Gasteiger partial charge >= 0.3 is 5.69 Å². The van der Waals surface area contributed by atoms with E-state index in [0.29, 0.717) is 5.92 Å². The Morgan fingerprint density at radius 3 is 2.84 bits per heavy atom. The van der Waals surface area contributed by atoms with Gasteiger partial charge in [0.25, 0.3) is 5.91 Å². The van der Waals surface area contributed by atoms with E-state index in [1.807, 2.05) is 6.92 Å². The van der Waals surface area contributed by atoms with Crippen LogP contribution in [-0.4, -0.2) is 21.9 Å². The van der Waals surface area contributed by atoms with Crippen molar-refractivity contribution in [2.24, 2.45) is 5.92 Å². The maximum Gasteiger partial charge on any atom is 0.319 e. The van der Waals surface area contributed by atoms with Crippen LogP contribution in [0.2, 0.25) is 5.15 Å². The number of carbonyl (C=O) groups excluding carboxylic acids is 1. The SMILES string of the molecule is CC(NC(=O)c1ccnc(Cl)c1[N+](=O)[O-])C1CCC1. The van der Waals surface area contributed by atoms with Crippen molar-refractivity contribution in [3.05, 3.63) is 33.1 Å². The molecule has 0 aliphatic heterocycles. The summed E-state index contributed by atoms with van der Waals surface area (Å²) in [4.78, 5) is 26.0. The largest absolute Gasteiger partial charge is 0.349 e. The number of amides is 1. The number of halogens is 1. The molecule has 7 heteroatoms. The molecule has 0 spiro atoms. The smallest absolute Gasteiger partial charge is 0.319 e. The van der Waals surface area contributed by atoms with Crippen LogP contribution in [0.4, 0.5) is 5.69 Å². The highest BCUT2D eigenvalue weighted by Gasteiger charge is 2.29. The minimum atomic E-state index is -0.682. The second kappa shape index (κ2) is 5.52. The Morgan fingerprint density at radius 2 is 2.32 bits per heavy atom. The highest BCUT2D eigenvalue weighted by molar-refractivity contribution is 6.32. The average molecular weight is 284 g/mol. The van der Waals surface area contributed by atoms with Gasteiger partial charge in [0.05, 0.1) is 4.92 Å². The molecule has 1 aliphatic rings. The molecule has 1 amide bonds. The number of hydrogen-bond acceptors (Lipinski definition) is 4. The van der Waals surface area contributed by atoms with Gasteiger partial charge in [0.1, 0.15) is 5.56 Å². The van der Waals surface area contributed by atoms with E-state index in [1.54, 1.807) is 0 Å². The summed E-state index contributed by atoms with van der Waals surface area (Å²) >= 11 is 5.67. The van der Waals surface area contributed by atoms with E-state index < -0.39 is 16.5 Å². The number of nitrogens with one attached hydrogen (secondary N) is 1. The van der Waals surface area contributed by atoms with Crippen molar-refractivity contribution in [2.75, 3.05) is 0 Å². The van der Waals surface area contributed by atoms with Gasteiger partial charge in [0.15, 0.2) is 0 Å². The lowest BCUT2D eigenvalue weighted by Gasteiger charge is -2.31. The van der Waals surface area contributed by atoms with Crippen molar-refractivity contribution in [1.82, 2.24) is 10.3 Å². The Kier molecular flexibility index (Phi) is 3.99. The van der Waals surface area contributed by atoms with Gasteiger partial charge in [-0.15, -0.1) is 0 Å². The summed E-state index contributed by atoms with van der Waals surface area (Å²) < 4.78 is 0. The molecule has 19 heavy (non-hydrogen) atoms. The van der Waals surface area contributed by atoms with Gasteiger partial charge in [-0.25, -0.2) is 4.98 Å². The Bertz CT molecular complexity index is 517. The van der Waals surface area contributed by atoms with Crippen LogP contribution in [0.25, 0.3) is 0 Å². The van der Waals surface area contributed by atoms with Crippen molar-refractivity contribution in [3.8, 4) is 0 Å². The molecule has 1 aromatic heterocycles. The zero-order valence-electron chi connectivity index (χ0n) is 10.4. The molecule has 1 fully saturated rings. The fraction of sp³-hybridized carbons (Fsp3) is 0.500. The molecule has 0 aromatic carbocycles. The zero-order valence-corrected chi connectivity index (χ0v) is 11.2. The van der Waals surface area contributed by atoms with Crippen LogP contribution in [0.5, 0.6) is 0 Å². The lowest BCUT2D eigenvalue weighted by molar-refractivity contribution is -0.385. The summed E-state index contributed by atoms with van der Waals surface area (Å²) in [6, 6.07) is 1.32. The van der Waals surface area contributed by atoms with Gasteiger partial charge in [-0.05, 0) is 31.7 Å². The number of aromatic nitrogens is 1. The molecule has 102 valence electrons. The number of nitro groups is 1. The van der Waals surface area contributed by atoms with E-state index in [0.717, 1.165) is 12.8 Å². The predicted octanol–water partition coefficient (Wildman–Crippen LogP) is 2.56. The van der Waals surface area contributed by atoms with Gasteiger partial charge in [-0.3, -0.25) is 14.9 Å². The van der Waals surface area contributed by atoms with Crippen molar-refractivity contribution in [2.45, 2.75) is 32.2 Å². The Balaban J connectivity index is 2.18. The first-order chi connectivity index (χ1) is 9.00. The fourth-order valence-corrected chi connectivity index (χ4v) is 2.35. The Hall–Kier alpha value is -1.69. The molecule has 0 bridgehead atoms. The van der Waals surface area contributed by atoms with Gasteiger partial charge in [-0.1, -0.05) is 18.0 Å². The number of carbonyl (C=O) groups is 1. The van der Waals surface area contributed by atoms with Crippen LogP contribution < -0.4 is 5.32 Å². The molecule has 1 heterocycles. The third kappa shape index (κ3) is 2.84. The lowest BCUT2D eigenvalue weighted by Crippen LogP contribution is -2.40. The molecule has 1 aliphatic carbocycles. The summed E-state index contributed by atoms with van der Waals surface area (Å²) in [5.41, 5.74) is -0.487. The Morgan fingerprint density at radius 1 is 1.63 bits per heavy atom. The van der Waals surface area contributed by atoms with E-state index in [-0.39, 0.29) is 16.8 Å². The van der Waals surface area contributed by atoms with Crippen LogP contribution >= 0.6 is 11.6 Å². The van der Waals surface area contributed by atoms with Gasteiger partial charge in [0, 0.05) is 12.2 Å². The lowest BCUT2D eigenvalue weighted by atomic mass is 9.80. The van der Waals surface area contributed by atoms with E-state index in [2.05, 4.69) is 10.3 Å². The minimum Gasteiger partial charge on any atom is -0.349 e. The normalized spacial score (nSPS) is 16.5. The van der Waals surface area contributed by atoms with E-state index in [9.17, 15) is 14.9 Å². The molecule has 1 saturated carbocycles. The topological polar surface area (TPSA) is 85.1 Å². The van der Waals surface area contributed by atoms with Crippen molar-refractivity contribution in [1.29, 1.82) is 0 Å². The Labute approximate surface area is 115 Å². The average Bonchev–Trinajstić information content (AvgIpc) is 2.25. The number of hydrogen-bond donors (Lipinski definition) is 1. The van der Waals surface area contributed by atoms with Gasteiger partial charge < -0.3 is 5.32 Å². The number of rotatable bonds is 4. The van der Waals surface area contributed by atoms with Gasteiger partial charge in [-0.2, -0.15) is 0 Å². The highest BCUT2D eigenvalue weighted by atomic mass is 35.5. The molecule has 1 N–H and O–H groups in total. The first-order valence-corrected chi connectivity index (χ1v) is 6.48. The van der Waals surface area contributed by atoms with Crippen LogP contribution in [0.3, 0.4) is 0 Å². The van der Waals surface area contributed by atoms with Crippen LogP contribution in [0, 0.1) is 16.0 Å². The summed E-state index contributed by atoms with van der Waals surface area (Å²) in [5.74, 6) is -0.0179. The zero-order chi connectivity index (χ0) is 14.0. The highest BCUT2D eigenvalue weighted by Crippen LogP contribution is 2.30. The first-order valence-electron chi connectivity index (χ1n) is 6.10. The first kappa shape index (κ1) is 13.7. The number of nitrogens with zero attached hydrogens (tertiary/aromatic N) is 2. The summed E-state index contributed by atoms with van der Waals surface area (Å²) in [7, 11) is 0. The maximum absolute atomic E-state index is 12.1.